The zero-order chi connectivity index (χ0) is 22.1. The van der Waals surface area contributed by atoms with Gasteiger partial charge in [0.2, 0.25) is 5.75 Å². The first-order valence-corrected chi connectivity index (χ1v) is 9.80. The van der Waals surface area contributed by atoms with Gasteiger partial charge in [0.25, 0.3) is 0 Å². The van der Waals surface area contributed by atoms with Gasteiger partial charge in [0.15, 0.2) is 23.1 Å². The van der Waals surface area contributed by atoms with Crippen molar-refractivity contribution >= 4 is 23.5 Å². The van der Waals surface area contributed by atoms with E-state index >= 15 is 0 Å². The zero-order valence-corrected chi connectivity index (χ0v) is 17.3. The number of ether oxygens (including phenoxy) is 2. The largest absolute Gasteiger partial charge is 0.504 e. The summed E-state index contributed by atoms with van der Waals surface area (Å²) in [5, 5.41) is 20.9. The van der Waals surface area contributed by atoms with Crippen LogP contribution in [0.2, 0.25) is 0 Å². The van der Waals surface area contributed by atoms with Gasteiger partial charge >= 0.3 is 11.9 Å². The van der Waals surface area contributed by atoms with Crippen molar-refractivity contribution in [2.24, 2.45) is 0 Å². The van der Waals surface area contributed by atoms with E-state index in [9.17, 15) is 29.4 Å². The molecule has 1 aromatic carbocycles. The van der Waals surface area contributed by atoms with Crippen LogP contribution in [0.25, 0.3) is 0 Å². The van der Waals surface area contributed by atoms with E-state index in [4.69, 9.17) is 9.47 Å². The molecule has 29 heavy (non-hydrogen) atoms. The van der Waals surface area contributed by atoms with Gasteiger partial charge in [-0.1, -0.05) is 20.8 Å². The first-order chi connectivity index (χ1) is 13.7. The molecule has 0 bridgehead atoms. The van der Waals surface area contributed by atoms with Crippen LogP contribution >= 0.6 is 0 Å². The molecule has 0 spiro atoms. The number of rotatable bonds is 11. The van der Waals surface area contributed by atoms with Gasteiger partial charge in [-0.2, -0.15) is 0 Å². The van der Waals surface area contributed by atoms with Gasteiger partial charge in [0, 0.05) is 19.3 Å². The lowest BCUT2D eigenvalue weighted by Crippen LogP contribution is -2.20. The molecule has 8 heteroatoms. The van der Waals surface area contributed by atoms with Gasteiger partial charge in [0.1, 0.15) is 0 Å². The monoisotopic (exact) mass is 408 g/mol. The predicted molar refractivity (Wildman–Crippen MR) is 105 cm³/mol. The number of carbonyl (C=O) groups is 4. The van der Waals surface area contributed by atoms with E-state index in [2.05, 4.69) is 0 Å². The van der Waals surface area contributed by atoms with E-state index in [1.54, 1.807) is 27.7 Å². The first-order valence-electron chi connectivity index (χ1n) is 9.80. The van der Waals surface area contributed by atoms with Gasteiger partial charge in [-0.25, -0.2) is 4.79 Å². The van der Waals surface area contributed by atoms with Crippen molar-refractivity contribution in [3.05, 3.63) is 16.7 Å². The molecule has 0 aliphatic carbocycles. The summed E-state index contributed by atoms with van der Waals surface area (Å²) in [5.74, 6) is -5.50. The molecule has 0 amide bonds. The summed E-state index contributed by atoms with van der Waals surface area (Å²) < 4.78 is 10.1. The molecule has 0 aliphatic heterocycles. The van der Waals surface area contributed by atoms with Crippen LogP contribution in [0.15, 0.2) is 0 Å². The predicted octanol–water partition coefficient (Wildman–Crippen LogP) is 3.95. The number of hydrogen-bond donors (Lipinski definition) is 2. The fourth-order valence-electron chi connectivity index (χ4n) is 2.82. The third-order valence-corrected chi connectivity index (χ3v) is 4.06. The van der Waals surface area contributed by atoms with Crippen molar-refractivity contribution in [3.8, 4) is 17.2 Å². The second-order valence-electron chi connectivity index (χ2n) is 6.44. The van der Waals surface area contributed by atoms with Crippen molar-refractivity contribution in [3.63, 3.8) is 0 Å². The smallest absolute Gasteiger partial charge is 0.339 e. The second kappa shape index (κ2) is 11.2. The summed E-state index contributed by atoms with van der Waals surface area (Å²) in [6.07, 6.45) is 1.19. The van der Waals surface area contributed by atoms with E-state index in [-0.39, 0.29) is 25.9 Å². The molecule has 160 valence electrons. The standard InChI is InChI=1S/C21H28O8/c1-5-9-12(22)15-17(21(27)28-8-4)16(13(23)10-6-2)20(19(26)18(15)25)29-14(24)11-7-3/h25-26H,5-11H2,1-4H3. The minimum Gasteiger partial charge on any atom is -0.504 e. The SMILES string of the molecule is CCCC(=O)Oc1c(O)c(O)c(C(=O)CCC)c(C(=O)OCC)c1C(=O)CCC. The molecule has 0 saturated carbocycles. The van der Waals surface area contributed by atoms with E-state index in [0.717, 1.165) is 0 Å². The topological polar surface area (TPSA) is 127 Å². The summed E-state index contributed by atoms with van der Waals surface area (Å²) in [6, 6.07) is 0. The Morgan fingerprint density at radius 3 is 1.72 bits per heavy atom. The van der Waals surface area contributed by atoms with E-state index < -0.39 is 57.4 Å². The third-order valence-electron chi connectivity index (χ3n) is 4.06. The summed E-state index contributed by atoms with van der Waals surface area (Å²) in [4.78, 5) is 50.1. The molecule has 0 heterocycles. The third kappa shape index (κ3) is 5.56. The molecule has 0 saturated heterocycles. The van der Waals surface area contributed by atoms with Crippen LogP contribution in [0.5, 0.6) is 17.2 Å². The maximum Gasteiger partial charge on any atom is 0.339 e. The Labute approximate surface area is 169 Å². The Bertz CT molecular complexity index is 795. The van der Waals surface area contributed by atoms with E-state index in [1.165, 1.54) is 0 Å². The van der Waals surface area contributed by atoms with Gasteiger partial charge in [0.05, 0.1) is 23.3 Å². The number of esters is 2. The van der Waals surface area contributed by atoms with Gasteiger partial charge in [-0.05, 0) is 26.2 Å². The van der Waals surface area contributed by atoms with Gasteiger partial charge in [-0.15, -0.1) is 0 Å². The van der Waals surface area contributed by atoms with Crippen molar-refractivity contribution in [1.29, 1.82) is 0 Å². The highest BCUT2D eigenvalue weighted by Crippen LogP contribution is 2.45. The molecule has 1 aromatic rings. The van der Waals surface area contributed by atoms with Crippen LogP contribution in [0, 0.1) is 0 Å². The number of carbonyl (C=O) groups excluding carboxylic acids is 4. The Hall–Kier alpha value is -2.90. The van der Waals surface area contributed by atoms with Crippen LogP contribution in [0.3, 0.4) is 0 Å². The summed E-state index contributed by atoms with van der Waals surface area (Å²) in [5.41, 5.74) is -1.42. The number of phenolic OH excluding ortho intramolecular Hbond substituents is 2. The average molecular weight is 408 g/mol. The van der Waals surface area contributed by atoms with Crippen LogP contribution < -0.4 is 4.74 Å². The van der Waals surface area contributed by atoms with Crippen LogP contribution in [-0.2, 0) is 9.53 Å². The number of benzene rings is 1. The lowest BCUT2D eigenvalue weighted by Gasteiger charge is -2.19. The molecule has 0 radical (unpaired) electrons. The molecular formula is C21H28O8. The van der Waals surface area contributed by atoms with Crippen molar-refractivity contribution < 1.29 is 38.9 Å². The molecule has 8 nitrogen and oxygen atoms in total. The molecule has 0 atom stereocenters. The maximum absolute atomic E-state index is 12.8. The number of Topliss-reactive ketones (excluding diaryl/α,β-unsaturated/α-hetero) is 2. The van der Waals surface area contributed by atoms with Gasteiger partial charge in [-0.3, -0.25) is 14.4 Å². The summed E-state index contributed by atoms with van der Waals surface area (Å²) in [7, 11) is 0. The number of aromatic hydroxyl groups is 2. The Balaban J connectivity index is 3.94. The molecule has 0 aliphatic rings. The molecule has 0 aromatic heterocycles. The Morgan fingerprint density at radius 1 is 0.724 bits per heavy atom. The number of hydrogen-bond acceptors (Lipinski definition) is 8. The first kappa shape index (κ1) is 24.1. The summed E-state index contributed by atoms with van der Waals surface area (Å²) >= 11 is 0. The molecule has 0 unspecified atom stereocenters. The normalized spacial score (nSPS) is 10.5. The summed E-state index contributed by atoms with van der Waals surface area (Å²) in [6.45, 7) is 6.69. The lowest BCUT2D eigenvalue weighted by molar-refractivity contribution is -0.134. The highest BCUT2D eigenvalue weighted by Gasteiger charge is 2.35. The van der Waals surface area contributed by atoms with Crippen molar-refractivity contribution in [2.45, 2.75) is 66.2 Å². The fourth-order valence-corrected chi connectivity index (χ4v) is 2.82. The average Bonchev–Trinajstić information content (AvgIpc) is 2.65. The molecule has 2 N–H and O–H groups in total. The quantitative estimate of drug-likeness (QED) is 0.244. The Morgan fingerprint density at radius 2 is 1.24 bits per heavy atom. The van der Waals surface area contributed by atoms with Crippen LogP contribution in [0.4, 0.5) is 0 Å². The highest BCUT2D eigenvalue weighted by molar-refractivity contribution is 6.17. The minimum absolute atomic E-state index is 0.00708. The van der Waals surface area contributed by atoms with Crippen molar-refractivity contribution in [1.82, 2.24) is 0 Å². The fraction of sp³-hybridized carbons (Fsp3) is 0.524. The Kier molecular flexibility index (Phi) is 9.31. The second-order valence-corrected chi connectivity index (χ2v) is 6.44. The minimum atomic E-state index is -1.02. The molecular weight excluding hydrogens is 380 g/mol. The highest BCUT2D eigenvalue weighted by atomic mass is 16.5. The van der Waals surface area contributed by atoms with E-state index in [0.29, 0.717) is 19.3 Å². The lowest BCUT2D eigenvalue weighted by atomic mass is 9.90. The van der Waals surface area contributed by atoms with Crippen molar-refractivity contribution in [2.75, 3.05) is 6.61 Å². The molecule has 0 fully saturated rings. The van der Waals surface area contributed by atoms with Crippen LogP contribution in [-0.4, -0.2) is 40.3 Å². The molecule has 1 rings (SSSR count). The maximum atomic E-state index is 12.8. The number of phenols is 2. The van der Waals surface area contributed by atoms with Crippen LogP contribution in [0.1, 0.15) is 97.3 Å². The number of ketones is 2. The van der Waals surface area contributed by atoms with Gasteiger partial charge < -0.3 is 19.7 Å². The van der Waals surface area contributed by atoms with E-state index in [1.807, 2.05) is 0 Å². The zero-order valence-electron chi connectivity index (χ0n) is 17.3.